The van der Waals surface area contributed by atoms with Crippen LogP contribution in [0.15, 0.2) is 24.3 Å². The molecule has 1 aromatic carbocycles. The van der Waals surface area contributed by atoms with Crippen LogP contribution in [-0.4, -0.2) is 54.1 Å². The molecule has 144 valence electrons. The van der Waals surface area contributed by atoms with Crippen LogP contribution in [0.4, 0.5) is 13.2 Å². The van der Waals surface area contributed by atoms with Crippen molar-refractivity contribution in [1.29, 1.82) is 0 Å². The van der Waals surface area contributed by atoms with Crippen LogP contribution >= 0.6 is 0 Å². The molecule has 6 nitrogen and oxygen atoms in total. The Kier molecular flexibility index (Phi) is 6.98. The number of halogens is 3. The number of hydrogen-bond acceptors (Lipinski definition) is 4. The van der Waals surface area contributed by atoms with Gasteiger partial charge in [0.1, 0.15) is 0 Å². The lowest BCUT2D eigenvalue weighted by Crippen LogP contribution is -2.56. The van der Waals surface area contributed by atoms with Gasteiger partial charge in [-0.25, -0.2) is 0 Å². The highest BCUT2D eigenvalue weighted by atomic mass is 19.4. The van der Waals surface area contributed by atoms with E-state index in [0.717, 1.165) is 6.07 Å². The van der Waals surface area contributed by atoms with Crippen LogP contribution in [-0.2, 0) is 22.3 Å². The maximum absolute atomic E-state index is 13.2. The van der Waals surface area contributed by atoms with E-state index in [1.165, 1.54) is 18.2 Å². The highest BCUT2D eigenvalue weighted by molar-refractivity contribution is 5.88. The molecule has 26 heavy (non-hydrogen) atoms. The van der Waals surface area contributed by atoms with Crippen LogP contribution in [0.5, 0.6) is 0 Å². The summed E-state index contributed by atoms with van der Waals surface area (Å²) in [6.07, 6.45) is -4.23. The number of alkyl halides is 3. The molecule has 0 radical (unpaired) electrons. The topological polar surface area (TPSA) is 81.7 Å². The predicted octanol–water partition coefficient (Wildman–Crippen LogP) is 0.894. The van der Waals surface area contributed by atoms with Gasteiger partial charge in [-0.3, -0.25) is 14.5 Å². The summed E-state index contributed by atoms with van der Waals surface area (Å²) in [4.78, 5) is 25.7. The summed E-state index contributed by atoms with van der Waals surface area (Å²) >= 11 is 0. The number of benzene rings is 1. The van der Waals surface area contributed by atoms with Crippen molar-refractivity contribution in [2.24, 2.45) is 0 Å². The summed E-state index contributed by atoms with van der Waals surface area (Å²) < 4.78 is 39.5. The zero-order valence-electron chi connectivity index (χ0n) is 14.2. The monoisotopic (exact) mass is 373 g/mol. The Morgan fingerprint density at radius 1 is 1.35 bits per heavy atom. The van der Waals surface area contributed by atoms with Crippen LogP contribution in [0.3, 0.4) is 0 Å². The van der Waals surface area contributed by atoms with E-state index in [2.05, 4.69) is 10.6 Å². The largest absolute Gasteiger partial charge is 0.416 e. The summed E-state index contributed by atoms with van der Waals surface area (Å²) in [7, 11) is 0. The summed E-state index contributed by atoms with van der Waals surface area (Å²) in [6, 6.07) is 4.40. The lowest BCUT2D eigenvalue weighted by atomic mass is 10.0. The van der Waals surface area contributed by atoms with E-state index in [9.17, 15) is 22.8 Å². The summed E-state index contributed by atoms with van der Waals surface area (Å²) in [6.45, 7) is 0.810. The molecule has 1 saturated heterocycles. The number of amides is 2. The molecule has 3 N–H and O–H groups in total. The molecule has 1 heterocycles. The van der Waals surface area contributed by atoms with Gasteiger partial charge in [0, 0.05) is 32.8 Å². The molecule has 1 fully saturated rings. The van der Waals surface area contributed by atoms with Crippen LogP contribution in [0.25, 0.3) is 0 Å². The standard InChI is InChI=1S/C17H22F3N3O3/c18-17(19,20)13-5-2-1-4-12(13)11-23-8-7-22-16(26)14(23)10-15(25)21-6-3-9-24/h1-2,4-5,14,24H,3,6-11H2,(H,21,25)(H,22,26)/t14-/m0/s1. The van der Waals surface area contributed by atoms with Crippen LogP contribution < -0.4 is 10.6 Å². The fourth-order valence-corrected chi connectivity index (χ4v) is 2.88. The van der Waals surface area contributed by atoms with Gasteiger partial charge in [0.15, 0.2) is 0 Å². The Balaban J connectivity index is 2.11. The van der Waals surface area contributed by atoms with Gasteiger partial charge in [-0.05, 0) is 18.1 Å². The molecule has 1 aliphatic heterocycles. The number of carbonyl (C=O) groups is 2. The molecule has 0 aliphatic carbocycles. The molecule has 2 rings (SSSR count). The van der Waals surface area contributed by atoms with Crippen LogP contribution in [0.1, 0.15) is 24.0 Å². The Hall–Kier alpha value is -2.13. The molecular weight excluding hydrogens is 351 g/mol. The van der Waals surface area contributed by atoms with Gasteiger partial charge in [-0.2, -0.15) is 13.2 Å². The quantitative estimate of drug-likeness (QED) is 0.620. The smallest absolute Gasteiger partial charge is 0.396 e. The summed E-state index contributed by atoms with van der Waals surface area (Å²) in [5.74, 6) is -0.757. The van der Waals surface area contributed by atoms with Gasteiger partial charge in [0.05, 0.1) is 18.0 Å². The van der Waals surface area contributed by atoms with Crippen molar-refractivity contribution in [3.63, 3.8) is 0 Å². The Labute approximate surface area is 149 Å². The number of hydrogen-bond donors (Lipinski definition) is 3. The molecule has 1 aliphatic rings. The van der Waals surface area contributed by atoms with Crippen LogP contribution in [0, 0.1) is 0 Å². The average molecular weight is 373 g/mol. The first-order chi connectivity index (χ1) is 12.3. The fourth-order valence-electron chi connectivity index (χ4n) is 2.88. The number of nitrogens with zero attached hydrogens (tertiary/aromatic N) is 1. The van der Waals surface area contributed by atoms with Gasteiger partial charge < -0.3 is 15.7 Å². The number of piperazine rings is 1. The first-order valence-electron chi connectivity index (χ1n) is 8.37. The van der Waals surface area contributed by atoms with E-state index in [0.29, 0.717) is 19.5 Å². The number of rotatable bonds is 7. The third-order valence-electron chi connectivity index (χ3n) is 4.17. The van der Waals surface area contributed by atoms with Gasteiger partial charge in [-0.15, -0.1) is 0 Å². The van der Waals surface area contributed by atoms with Crippen molar-refractivity contribution in [3.05, 3.63) is 35.4 Å². The molecule has 2 amide bonds. The summed E-state index contributed by atoms with van der Waals surface area (Å²) in [5.41, 5.74) is -0.669. The minimum Gasteiger partial charge on any atom is -0.396 e. The van der Waals surface area contributed by atoms with Gasteiger partial charge in [0.25, 0.3) is 0 Å². The van der Waals surface area contributed by atoms with E-state index in [4.69, 9.17) is 5.11 Å². The highest BCUT2D eigenvalue weighted by Crippen LogP contribution is 2.32. The lowest BCUT2D eigenvalue weighted by Gasteiger charge is -2.35. The van der Waals surface area contributed by atoms with Crippen molar-refractivity contribution in [3.8, 4) is 0 Å². The lowest BCUT2D eigenvalue weighted by molar-refractivity contribution is -0.139. The Morgan fingerprint density at radius 3 is 2.77 bits per heavy atom. The van der Waals surface area contributed by atoms with E-state index >= 15 is 0 Å². The number of aliphatic hydroxyl groups excluding tert-OH is 1. The number of carbonyl (C=O) groups excluding carboxylic acids is 2. The minimum atomic E-state index is -4.48. The molecule has 9 heteroatoms. The maximum Gasteiger partial charge on any atom is 0.416 e. The first kappa shape index (κ1) is 20.2. The third-order valence-corrected chi connectivity index (χ3v) is 4.17. The van der Waals surface area contributed by atoms with E-state index in [1.807, 2.05) is 0 Å². The van der Waals surface area contributed by atoms with Crippen molar-refractivity contribution < 1.29 is 27.9 Å². The molecule has 0 spiro atoms. The molecular formula is C17H22F3N3O3. The average Bonchev–Trinajstić information content (AvgIpc) is 2.58. The molecule has 1 aromatic rings. The molecule has 0 saturated carbocycles. The third kappa shape index (κ3) is 5.43. The molecule has 1 atom stereocenters. The first-order valence-corrected chi connectivity index (χ1v) is 8.37. The van der Waals surface area contributed by atoms with E-state index < -0.39 is 17.8 Å². The fraction of sp³-hybridized carbons (Fsp3) is 0.529. The Bertz CT molecular complexity index is 637. The van der Waals surface area contributed by atoms with Crippen molar-refractivity contribution in [1.82, 2.24) is 15.5 Å². The van der Waals surface area contributed by atoms with Gasteiger partial charge in [0.2, 0.25) is 11.8 Å². The van der Waals surface area contributed by atoms with Crippen molar-refractivity contribution in [2.45, 2.75) is 31.6 Å². The van der Waals surface area contributed by atoms with Gasteiger partial charge >= 0.3 is 6.18 Å². The molecule has 0 bridgehead atoms. The van der Waals surface area contributed by atoms with E-state index in [-0.39, 0.29) is 43.5 Å². The highest BCUT2D eigenvalue weighted by Gasteiger charge is 2.36. The van der Waals surface area contributed by atoms with Gasteiger partial charge in [-0.1, -0.05) is 18.2 Å². The zero-order chi connectivity index (χ0) is 19.2. The zero-order valence-corrected chi connectivity index (χ0v) is 14.2. The number of nitrogens with one attached hydrogen (secondary N) is 2. The summed E-state index contributed by atoms with van der Waals surface area (Å²) in [5, 5.41) is 14.0. The Morgan fingerprint density at radius 2 is 2.08 bits per heavy atom. The van der Waals surface area contributed by atoms with Crippen LogP contribution in [0.2, 0.25) is 0 Å². The number of aliphatic hydroxyl groups is 1. The second kappa shape index (κ2) is 9.00. The van der Waals surface area contributed by atoms with Crippen molar-refractivity contribution >= 4 is 11.8 Å². The predicted molar refractivity (Wildman–Crippen MR) is 88.0 cm³/mol. The van der Waals surface area contributed by atoms with Crippen molar-refractivity contribution in [2.75, 3.05) is 26.2 Å². The minimum absolute atomic E-state index is 0.0649. The molecule has 0 unspecified atom stereocenters. The SMILES string of the molecule is O=C(C[C@H]1C(=O)NCCN1Cc1ccccc1C(F)(F)F)NCCCO. The second-order valence-corrected chi connectivity index (χ2v) is 6.06. The van der Waals surface area contributed by atoms with E-state index in [1.54, 1.807) is 4.90 Å². The normalized spacial score (nSPS) is 18.5. The molecule has 0 aromatic heterocycles. The maximum atomic E-state index is 13.2. The second-order valence-electron chi connectivity index (χ2n) is 6.06.